The number of hydrogen-bond donors (Lipinski definition) is 2. The van der Waals surface area contributed by atoms with Gasteiger partial charge in [0.2, 0.25) is 11.6 Å². The highest BCUT2D eigenvalue weighted by Gasteiger charge is 2.24. The van der Waals surface area contributed by atoms with Crippen molar-refractivity contribution >= 4 is 55.6 Å². The fraction of sp³-hybridized carbons (Fsp3) is 0.105. The topological polar surface area (TPSA) is 115 Å². The van der Waals surface area contributed by atoms with Crippen molar-refractivity contribution in [2.75, 3.05) is 17.7 Å². The lowest BCUT2D eigenvalue weighted by Gasteiger charge is -2.09. The van der Waals surface area contributed by atoms with Crippen molar-refractivity contribution in [3.63, 3.8) is 0 Å². The lowest BCUT2D eigenvalue weighted by atomic mass is 10.2. The van der Waals surface area contributed by atoms with Crippen molar-refractivity contribution in [1.82, 2.24) is 15.0 Å². The van der Waals surface area contributed by atoms with E-state index in [0.29, 0.717) is 15.9 Å². The molecule has 0 atom stereocenters. The maximum Gasteiger partial charge on any atom is 0.353 e. The van der Waals surface area contributed by atoms with E-state index in [1.54, 1.807) is 19.2 Å². The van der Waals surface area contributed by atoms with Gasteiger partial charge in [0.25, 0.3) is 0 Å². The molecule has 0 bridgehead atoms. The number of nitrogens with zero attached hydrogens (tertiary/aromatic N) is 4. The van der Waals surface area contributed by atoms with Crippen molar-refractivity contribution in [2.45, 2.75) is 6.54 Å². The molecule has 0 aliphatic rings. The first-order valence-electron chi connectivity index (χ1n) is 8.73. The summed E-state index contributed by atoms with van der Waals surface area (Å²) in [5.74, 6) is 0.833. The molecule has 0 radical (unpaired) electrons. The number of hydrogen-bond acceptors (Lipinski definition) is 9. The first-order valence-corrected chi connectivity index (χ1v) is 9.93. The van der Waals surface area contributed by atoms with Crippen LogP contribution < -0.4 is 15.4 Å². The van der Waals surface area contributed by atoms with Gasteiger partial charge in [-0.15, -0.1) is 0 Å². The summed E-state index contributed by atoms with van der Waals surface area (Å²) in [5.41, 5.74) is 1.26. The summed E-state index contributed by atoms with van der Waals surface area (Å²) in [6, 6.07) is 12.7. The molecule has 0 saturated carbocycles. The molecule has 4 aromatic rings. The number of methoxy groups -OCH3 is 1. The normalized spacial score (nSPS) is 10.7. The number of rotatable bonds is 7. The van der Waals surface area contributed by atoms with E-state index in [4.69, 9.17) is 16.3 Å². The number of halogens is 1. The molecule has 2 heterocycles. The minimum Gasteiger partial charge on any atom is -0.497 e. The number of aromatic nitrogens is 3. The average Bonchev–Trinajstić information content (AvgIpc) is 3.14. The van der Waals surface area contributed by atoms with Crippen LogP contribution in [0.4, 0.5) is 22.5 Å². The fourth-order valence-electron chi connectivity index (χ4n) is 2.78. The van der Waals surface area contributed by atoms with E-state index in [1.165, 1.54) is 17.7 Å². The van der Waals surface area contributed by atoms with Crippen LogP contribution in [-0.2, 0) is 6.54 Å². The zero-order chi connectivity index (χ0) is 21.1. The van der Waals surface area contributed by atoms with Gasteiger partial charge in [0.1, 0.15) is 12.1 Å². The predicted molar refractivity (Wildman–Crippen MR) is 117 cm³/mol. The summed E-state index contributed by atoms with van der Waals surface area (Å²) in [7, 11) is 1.59. The summed E-state index contributed by atoms with van der Waals surface area (Å²) < 4.78 is 6.10. The van der Waals surface area contributed by atoms with Gasteiger partial charge in [-0.05, 0) is 29.8 Å². The summed E-state index contributed by atoms with van der Waals surface area (Å²) >= 11 is 7.49. The molecule has 2 aromatic carbocycles. The summed E-state index contributed by atoms with van der Waals surface area (Å²) in [6.07, 6.45) is 1.25. The molecule has 0 unspecified atom stereocenters. The SMILES string of the molecule is COc1ccc2nc(Nc3ncnc(NCc4ccccc4Cl)c3[N+](=O)[O-])sc2c1. The van der Waals surface area contributed by atoms with Crippen LogP contribution in [0.25, 0.3) is 10.2 Å². The van der Waals surface area contributed by atoms with Crippen molar-refractivity contribution in [3.05, 3.63) is 69.5 Å². The lowest BCUT2D eigenvalue weighted by Crippen LogP contribution is -2.08. The zero-order valence-corrected chi connectivity index (χ0v) is 17.2. The van der Waals surface area contributed by atoms with Gasteiger partial charge in [0, 0.05) is 11.6 Å². The van der Waals surface area contributed by atoms with Gasteiger partial charge in [0.05, 0.1) is 22.2 Å². The number of anilines is 3. The third kappa shape index (κ3) is 4.09. The number of fused-ring (bicyclic) bond motifs is 1. The molecule has 0 fully saturated rings. The number of benzene rings is 2. The van der Waals surface area contributed by atoms with Crippen LogP contribution in [0, 0.1) is 10.1 Å². The monoisotopic (exact) mass is 442 g/mol. The Hall–Kier alpha value is -3.50. The van der Waals surface area contributed by atoms with E-state index in [9.17, 15) is 10.1 Å². The van der Waals surface area contributed by atoms with E-state index in [1.807, 2.05) is 30.3 Å². The number of nitrogens with one attached hydrogen (secondary N) is 2. The molecule has 0 spiro atoms. The van der Waals surface area contributed by atoms with Crippen LogP contribution in [0.5, 0.6) is 5.75 Å². The maximum atomic E-state index is 11.8. The van der Waals surface area contributed by atoms with Crippen molar-refractivity contribution in [3.8, 4) is 5.75 Å². The second-order valence-corrected chi connectivity index (χ2v) is 7.54. The molecule has 152 valence electrons. The second-order valence-electron chi connectivity index (χ2n) is 6.10. The lowest BCUT2D eigenvalue weighted by molar-refractivity contribution is -0.383. The van der Waals surface area contributed by atoms with Crippen LogP contribution >= 0.6 is 22.9 Å². The van der Waals surface area contributed by atoms with Crippen molar-refractivity contribution in [1.29, 1.82) is 0 Å². The number of ether oxygens (including phenoxy) is 1. The smallest absolute Gasteiger partial charge is 0.353 e. The van der Waals surface area contributed by atoms with Crippen LogP contribution in [-0.4, -0.2) is 27.0 Å². The van der Waals surface area contributed by atoms with E-state index >= 15 is 0 Å². The Morgan fingerprint density at radius 2 is 2.00 bits per heavy atom. The third-order valence-corrected chi connectivity index (χ3v) is 5.53. The minimum absolute atomic E-state index is 0.0441. The Kier molecular flexibility index (Phi) is 5.59. The maximum absolute atomic E-state index is 11.8. The van der Waals surface area contributed by atoms with E-state index in [2.05, 4.69) is 25.6 Å². The molecule has 0 saturated heterocycles. The molecule has 0 aliphatic heterocycles. The van der Waals surface area contributed by atoms with Gasteiger partial charge in [-0.2, -0.15) is 0 Å². The van der Waals surface area contributed by atoms with Crippen LogP contribution in [0.15, 0.2) is 48.8 Å². The Morgan fingerprint density at radius 1 is 1.20 bits per heavy atom. The highest BCUT2D eigenvalue weighted by Crippen LogP contribution is 2.35. The number of nitro groups is 1. The van der Waals surface area contributed by atoms with Gasteiger partial charge in [-0.3, -0.25) is 10.1 Å². The first kappa shape index (κ1) is 19.8. The standard InChI is InChI=1S/C19H15ClN6O3S/c1-29-12-6-7-14-15(8-12)30-19(24-14)25-18-16(26(27)28)17(22-10-23-18)21-9-11-4-2-3-5-13(11)20/h2-8,10H,9H2,1H3,(H2,21,22,23,24,25). The van der Waals surface area contributed by atoms with Crippen LogP contribution in [0.3, 0.4) is 0 Å². The summed E-state index contributed by atoms with van der Waals surface area (Å²) in [4.78, 5) is 23.7. The molecular formula is C19H15ClN6O3S. The highest BCUT2D eigenvalue weighted by atomic mass is 35.5. The van der Waals surface area contributed by atoms with Gasteiger partial charge >= 0.3 is 5.69 Å². The number of thiazole rings is 1. The Labute approximate surface area is 179 Å². The van der Waals surface area contributed by atoms with Gasteiger partial charge in [0.15, 0.2) is 5.13 Å². The molecule has 2 aromatic heterocycles. The Bertz CT molecular complexity index is 1230. The second kappa shape index (κ2) is 8.47. The van der Waals surface area contributed by atoms with Crippen LogP contribution in [0.1, 0.15) is 5.56 Å². The molecule has 11 heteroatoms. The van der Waals surface area contributed by atoms with Gasteiger partial charge in [-0.25, -0.2) is 15.0 Å². The molecular weight excluding hydrogens is 428 g/mol. The van der Waals surface area contributed by atoms with Crippen molar-refractivity contribution < 1.29 is 9.66 Å². The molecule has 30 heavy (non-hydrogen) atoms. The Morgan fingerprint density at radius 3 is 2.77 bits per heavy atom. The van der Waals surface area contributed by atoms with E-state index in [-0.39, 0.29) is 23.9 Å². The molecule has 0 amide bonds. The summed E-state index contributed by atoms with van der Waals surface area (Å²) in [6.45, 7) is 0.276. The van der Waals surface area contributed by atoms with Crippen LogP contribution in [0.2, 0.25) is 5.02 Å². The Balaban J connectivity index is 1.62. The largest absolute Gasteiger partial charge is 0.497 e. The average molecular weight is 443 g/mol. The quantitative estimate of drug-likeness (QED) is 0.303. The first-order chi connectivity index (χ1) is 14.5. The third-order valence-electron chi connectivity index (χ3n) is 4.23. The molecule has 9 nitrogen and oxygen atoms in total. The molecule has 4 rings (SSSR count). The van der Waals surface area contributed by atoms with Crippen molar-refractivity contribution in [2.24, 2.45) is 0 Å². The molecule has 2 N–H and O–H groups in total. The molecule has 0 aliphatic carbocycles. The summed E-state index contributed by atoms with van der Waals surface area (Å²) in [5, 5.41) is 18.7. The zero-order valence-electron chi connectivity index (χ0n) is 15.6. The fourth-order valence-corrected chi connectivity index (χ4v) is 3.88. The van der Waals surface area contributed by atoms with E-state index < -0.39 is 4.92 Å². The van der Waals surface area contributed by atoms with Gasteiger partial charge < -0.3 is 15.4 Å². The van der Waals surface area contributed by atoms with E-state index in [0.717, 1.165) is 15.8 Å². The predicted octanol–water partition coefficient (Wildman–Crippen LogP) is 5.01. The van der Waals surface area contributed by atoms with Gasteiger partial charge in [-0.1, -0.05) is 41.1 Å². The highest BCUT2D eigenvalue weighted by molar-refractivity contribution is 7.22. The minimum atomic E-state index is -0.534.